The smallest absolute Gasteiger partial charge is 0.231 e. The van der Waals surface area contributed by atoms with E-state index in [-0.39, 0.29) is 12.2 Å². The van der Waals surface area contributed by atoms with Crippen molar-refractivity contribution in [1.82, 2.24) is 15.6 Å². The monoisotopic (exact) mass is 414 g/mol. The Bertz CT molecular complexity index is 883. The number of fused-ring (bicyclic) bond motifs is 1. The summed E-state index contributed by atoms with van der Waals surface area (Å²) in [7, 11) is 0. The molecule has 1 aromatic heterocycles. The van der Waals surface area contributed by atoms with Gasteiger partial charge in [0.25, 0.3) is 0 Å². The number of hydrogen-bond donors (Lipinski definition) is 2. The molecule has 8 nitrogen and oxygen atoms in total. The van der Waals surface area contributed by atoms with Crippen LogP contribution in [0.5, 0.6) is 11.5 Å². The van der Waals surface area contributed by atoms with Gasteiger partial charge in [-0.15, -0.1) is 0 Å². The van der Waals surface area contributed by atoms with Gasteiger partial charge in [0, 0.05) is 31.7 Å². The third kappa shape index (κ3) is 4.38. The van der Waals surface area contributed by atoms with E-state index in [9.17, 15) is 0 Å². The predicted octanol–water partition coefficient (Wildman–Crippen LogP) is 2.82. The second kappa shape index (κ2) is 8.95. The molecule has 1 fully saturated rings. The van der Waals surface area contributed by atoms with Gasteiger partial charge < -0.3 is 29.3 Å². The average Bonchev–Trinajstić information content (AvgIpc) is 3.36. The number of nitrogens with zero attached hydrogens (tertiary/aromatic N) is 2. The van der Waals surface area contributed by atoms with Crippen molar-refractivity contribution in [1.29, 1.82) is 0 Å². The highest BCUT2D eigenvalue weighted by Gasteiger charge is 2.35. The minimum atomic E-state index is -0.0640. The lowest BCUT2D eigenvalue weighted by Gasteiger charge is -2.38. The predicted molar refractivity (Wildman–Crippen MR) is 113 cm³/mol. The van der Waals surface area contributed by atoms with Crippen LogP contribution in [0.2, 0.25) is 0 Å². The second-order valence-electron chi connectivity index (χ2n) is 7.76. The van der Waals surface area contributed by atoms with Crippen molar-refractivity contribution < 1.29 is 18.6 Å². The Labute approximate surface area is 177 Å². The summed E-state index contributed by atoms with van der Waals surface area (Å²) >= 11 is 0. The van der Waals surface area contributed by atoms with Crippen LogP contribution in [0.1, 0.15) is 42.7 Å². The van der Waals surface area contributed by atoms with E-state index in [1.54, 1.807) is 0 Å². The van der Waals surface area contributed by atoms with E-state index in [1.165, 1.54) is 5.56 Å². The molecule has 0 bridgehead atoms. The number of aliphatic imine (C=N–C) groups is 1. The van der Waals surface area contributed by atoms with E-state index in [0.717, 1.165) is 68.1 Å². The lowest BCUT2D eigenvalue weighted by atomic mass is 9.74. The number of benzene rings is 1. The molecule has 0 unspecified atom stereocenters. The van der Waals surface area contributed by atoms with Gasteiger partial charge in [-0.1, -0.05) is 6.07 Å². The summed E-state index contributed by atoms with van der Waals surface area (Å²) in [4.78, 5) is 9.08. The highest BCUT2D eigenvalue weighted by molar-refractivity contribution is 5.79. The Balaban J connectivity index is 1.51. The molecule has 4 rings (SSSR count). The maximum Gasteiger partial charge on any atom is 0.231 e. The molecular weight excluding hydrogens is 384 g/mol. The van der Waals surface area contributed by atoms with E-state index < -0.39 is 0 Å². The number of rotatable bonds is 6. The Kier molecular flexibility index (Phi) is 6.13. The minimum absolute atomic E-state index is 0.0640. The topological polar surface area (TPSA) is 90.1 Å². The summed E-state index contributed by atoms with van der Waals surface area (Å²) in [5, 5.41) is 6.85. The maximum absolute atomic E-state index is 5.66. The number of aromatic nitrogens is 1. The molecule has 2 aromatic rings. The van der Waals surface area contributed by atoms with Crippen LogP contribution in [-0.4, -0.2) is 44.0 Å². The zero-order valence-corrected chi connectivity index (χ0v) is 17.9. The second-order valence-corrected chi connectivity index (χ2v) is 7.76. The first-order valence-corrected chi connectivity index (χ1v) is 10.5. The minimum Gasteiger partial charge on any atom is -0.454 e. The van der Waals surface area contributed by atoms with E-state index in [2.05, 4.69) is 39.7 Å². The molecular formula is C22H30N4O4. The first-order chi connectivity index (χ1) is 14.6. The number of oxazole rings is 1. The van der Waals surface area contributed by atoms with E-state index in [1.807, 2.05) is 19.9 Å². The SMILES string of the molecule is CCNC(=NCc1nc(C)c(C)o1)NCC1(c2ccc3c(c2)OCO3)CCOCC1. The molecule has 0 radical (unpaired) electrons. The van der Waals surface area contributed by atoms with Gasteiger partial charge in [0.05, 0.1) is 5.69 Å². The Morgan fingerprint density at radius 1 is 1.13 bits per heavy atom. The van der Waals surface area contributed by atoms with Crippen LogP contribution in [-0.2, 0) is 16.7 Å². The van der Waals surface area contributed by atoms with Crippen LogP contribution in [0.4, 0.5) is 0 Å². The first kappa shape index (κ1) is 20.5. The van der Waals surface area contributed by atoms with Gasteiger partial charge >= 0.3 is 0 Å². The van der Waals surface area contributed by atoms with Crippen LogP contribution in [0.3, 0.4) is 0 Å². The number of hydrogen-bond acceptors (Lipinski definition) is 6. The summed E-state index contributed by atoms with van der Waals surface area (Å²) in [6.07, 6.45) is 1.86. The van der Waals surface area contributed by atoms with Crippen molar-refractivity contribution in [3.63, 3.8) is 0 Å². The van der Waals surface area contributed by atoms with Crippen LogP contribution in [0.25, 0.3) is 0 Å². The Morgan fingerprint density at radius 2 is 1.93 bits per heavy atom. The summed E-state index contributed by atoms with van der Waals surface area (Å²) in [5.74, 6) is 3.83. The third-order valence-electron chi connectivity index (χ3n) is 5.82. The van der Waals surface area contributed by atoms with E-state index in [0.29, 0.717) is 12.4 Å². The van der Waals surface area contributed by atoms with Crippen LogP contribution >= 0.6 is 0 Å². The molecule has 2 aliphatic rings. The molecule has 8 heteroatoms. The molecule has 0 amide bonds. The summed E-state index contributed by atoms with van der Waals surface area (Å²) in [5.41, 5.74) is 2.07. The van der Waals surface area contributed by atoms with Crippen molar-refractivity contribution in [2.45, 2.75) is 45.6 Å². The number of guanidine groups is 1. The zero-order valence-electron chi connectivity index (χ0n) is 17.9. The molecule has 0 aliphatic carbocycles. The molecule has 0 spiro atoms. The van der Waals surface area contributed by atoms with Crippen LogP contribution < -0.4 is 20.1 Å². The third-order valence-corrected chi connectivity index (χ3v) is 5.82. The van der Waals surface area contributed by atoms with E-state index in [4.69, 9.17) is 18.6 Å². The highest BCUT2D eigenvalue weighted by atomic mass is 16.7. The number of ether oxygens (including phenoxy) is 3. The lowest BCUT2D eigenvalue weighted by molar-refractivity contribution is 0.0513. The summed E-state index contributed by atoms with van der Waals surface area (Å²) in [6.45, 7) is 9.57. The zero-order chi connectivity index (χ0) is 21.0. The lowest BCUT2D eigenvalue weighted by Crippen LogP contribution is -2.48. The number of aryl methyl sites for hydroxylation is 2. The molecule has 1 aromatic carbocycles. The van der Waals surface area contributed by atoms with Gasteiger partial charge in [-0.25, -0.2) is 9.98 Å². The quantitative estimate of drug-likeness (QED) is 0.555. The first-order valence-electron chi connectivity index (χ1n) is 10.5. The largest absolute Gasteiger partial charge is 0.454 e. The molecule has 0 atom stereocenters. The van der Waals surface area contributed by atoms with Gasteiger partial charge in [-0.3, -0.25) is 0 Å². The van der Waals surface area contributed by atoms with Crippen LogP contribution in [0, 0.1) is 13.8 Å². The van der Waals surface area contributed by atoms with Crippen molar-refractivity contribution in [2.24, 2.45) is 4.99 Å². The van der Waals surface area contributed by atoms with Gasteiger partial charge in [-0.05, 0) is 51.3 Å². The molecule has 162 valence electrons. The molecule has 1 saturated heterocycles. The fourth-order valence-corrected chi connectivity index (χ4v) is 3.90. The van der Waals surface area contributed by atoms with Gasteiger partial charge in [0.1, 0.15) is 12.3 Å². The van der Waals surface area contributed by atoms with Gasteiger partial charge in [-0.2, -0.15) is 0 Å². The fraction of sp³-hybridized carbons (Fsp3) is 0.545. The molecule has 2 N–H and O–H groups in total. The summed E-state index contributed by atoms with van der Waals surface area (Å²) < 4.78 is 22.4. The van der Waals surface area contributed by atoms with E-state index >= 15 is 0 Å². The van der Waals surface area contributed by atoms with Crippen molar-refractivity contribution >= 4 is 5.96 Å². The van der Waals surface area contributed by atoms with Crippen molar-refractivity contribution in [2.75, 3.05) is 33.1 Å². The Morgan fingerprint density at radius 3 is 2.67 bits per heavy atom. The molecule has 30 heavy (non-hydrogen) atoms. The summed E-state index contributed by atoms with van der Waals surface area (Å²) in [6, 6.07) is 6.25. The average molecular weight is 415 g/mol. The highest BCUT2D eigenvalue weighted by Crippen LogP contribution is 2.40. The maximum atomic E-state index is 5.66. The molecule has 0 saturated carbocycles. The van der Waals surface area contributed by atoms with Crippen LogP contribution in [0.15, 0.2) is 27.6 Å². The fourth-order valence-electron chi connectivity index (χ4n) is 3.90. The Hall–Kier alpha value is -2.74. The molecule has 2 aliphatic heterocycles. The number of nitrogens with one attached hydrogen (secondary N) is 2. The van der Waals surface area contributed by atoms with Gasteiger partial charge in [0.15, 0.2) is 17.5 Å². The normalized spacial score (nSPS) is 17.8. The molecule has 3 heterocycles. The van der Waals surface area contributed by atoms with Gasteiger partial charge in [0.2, 0.25) is 12.7 Å². The standard InChI is InChI=1S/C22H30N4O4/c1-4-23-21(24-12-20-26-15(2)16(3)30-20)25-13-22(7-9-27-10-8-22)17-5-6-18-19(11-17)29-14-28-18/h5-6,11H,4,7-10,12-14H2,1-3H3,(H2,23,24,25). The van der Waals surface area contributed by atoms with Crippen molar-refractivity contribution in [3.05, 3.63) is 41.1 Å². The van der Waals surface area contributed by atoms with Crippen molar-refractivity contribution in [3.8, 4) is 11.5 Å².